The second-order valence-corrected chi connectivity index (χ2v) is 3.19. The number of hydrogen-bond acceptors (Lipinski definition) is 4. The molecule has 1 rings (SSSR count). The van der Waals surface area contributed by atoms with Gasteiger partial charge in [0.2, 0.25) is 0 Å². The van der Waals surface area contributed by atoms with E-state index < -0.39 is 4.92 Å². The minimum Gasteiger partial charge on any atom is -0.258 e. The fourth-order valence-corrected chi connectivity index (χ4v) is 1.58. The molecule has 0 spiro atoms. The fourth-order valence-electron chi connectivity index (χ4n) is 1.58. The molecule has 0 saturated carbocycles. The van der Waals surface area contributed by atoms with Gasteiger partial charge in [-0.2, -0.15) is 10.5 Å². The first-order valence-corrected chi connectivity index (χ1v) is 4.71. The first-order chi connectivity index (χ1) is 7.63. The van der Waals surface area contributed by atoms with Crippen molar-refractivity contribution >= 4 is 5.69 Å². The van der Waals surface area contributed by atoms with Crippen molar-refractivity contribution in [1.82, 2.24) is 0 Å². The molecule has 80 valence electrons. The van der Waals surface area contributed by atoms with Crippen LogP contribution >= 0.6 is 0 Å². The van der Waals surface area contributed by atoms with E-state index in [9.17, 15) is 10.1 Å². The quantitative estimate of drug-likeness (QED) is 0.570. The molecule has 0 atom stereocenters. The maximum Gasteiger partial charge on any atom is 0.271 e. The zero-order chi connectivity index (χ0) is 12.1. The molecule has 0 heterocycles. The van der Waals surface area contributed by atoms with Crippen LogP contribution in [0.5, 0.6) is 0 Å². The molecule has 5 heteroatoms. The lowest BCUT2D eigenvalue weighted by Crippen LogP contribution is -1.99. The van der Waals surface area contributed by atoms with Crippen molar-refractivity contribution in [2.45, 2.75) is 19.8 Å². The van der Waals surface area contributed by atoms with Gasteiger partial charge >= 0.3 is 0 Å². The maximum atomic E-state index is 10.6. The van der Waals surface area contributed by atoms with E-state index in [1.54, 1.807) is 0 Å². The standard InChI is InChI=1S/C11H9N3O2/c1-2-11-8(3-4-12)5-10(14(15)16)6-9(11)7-13/h5-6H,2-3H2,1H3. The normalized spacial score (nSPS) is 9.19. The van der Waals surface area contributed by atoms with Crippen LogP contribution in [0.2, 0.25) is 0 Å². The highest BCUT2D eigenvalue weighted by atomic mass is 16.6. The van der Waals surface area contributed by atoms with Gasteiger partial charge in [-0.3, -0.25) is 10.1 Å². The largest absolute Gasteiger partial charge is 0.271 e. The van der Waals surface area contributed by atoms with E-state index in [0.29, 0.717) is 12.0 Å². The van der Waals surface area contributed by atoms with Gasteiger partial charge in [-0.05, 0) is 17.5 Å². The molecule has 0 aromatic heterocycles. The van der Waals surface area contributed by atoms with Crippen LogP contribution in [0.4, 0.5) is 5.69 Å². The number of nitro benzene ring substituents is 1. The Hall–Kier alpha value is -2.40. The van der Waals surface area contributed by atoms with Crippen molar-refractivity contribution in [2.24, 2.45) is 0 Å². The summed E-state index contributed by atoms with van der Waals surface area (Å²) in [4.78, 5) is 10.1. The lowest BCUT2D eigenvalue weighted by molar-refractivity contribution is -0.384. The molecule has 5 nitrogen and oxygen atoms in total. The number of nitrogens with zero attached hydrogens (tertiary/aromatic N) is 3. The van der Waals surface area contributed by atoms with E-state index >= 15 is 0 Å². The van der Waals surface area contributed by atoms with E-state index in [4.69, 9.17) is 10.5 Å². The van der Waals surface area contributed by atoms with Gasteiger partial charge in [0.05, 0.1) is 29.0 Å². The summed E-state index contributed by atoms with van der Waals surface area (Å²) in [6, 6.07) is 6.48. The minimum absolute atomic E-state index is 0.0829. The first-order valence-electron chi connectivity index (χ1n) is 4.71. The average Bonchev–Trinajstić information content (AvgIpc) is 2.28. The summed E-state index contributed by atoms with van der Waals surface area (Å²) in [5.74, 6) is 0. The highest BCUT2D eigenvalue weighted by molar-refractivity contribution is 5.51. The Morgan fingerprint density at radius 2 is 2.12 bits per heavy atom. The lowest BCUT2D eigenvalue weighted by Gasteiger charge is -2.06. The highest BCUT2D eigenvalue weighted by Gasteiger charge is 2.14. The predicted octanol–water partition coefficient (Wildman–Crippen LogP) is 2.09. The molecule has 0 amide bonds. The first kappa shape index (κ1) is 11.7. The van der Waals surface area contributed by atoms with Gasteiger partial charge in [0.1, 0.15) is 0 Å². The molecule has 0 N–H and O–H groups in total. The lowest BCUT2D eigenvalue weighted by atomic mass is 9.97. The molecule has 1 aromatic rings. The summed E-state index contributed by atoms with van der Waals surface area (Å²) >= 11 is 0. The number of rotatable bonds is 3. The number of benzene rings is 1. The van der Waals surface area contributed by atoms with Gasteiger partial charge in [0, 0.05) is 12.1 Å². The van der Waals surface area contributed by atoms with Crippen LogP contribution in [0.1, 0.15) is 23.6 Å². The van der Waals surface area contributed by atoms with E-state index in [1.165, 1.54) is 12.1 Å². The summed E-state index contributed by atoms with van der Waals surface area (Å²) < 4.78 is 0. The Bertz CT molecular complexity index is 509. The van der Waals surface area contributed by atoms with E-state index in [-0.39, 0.29) is 17.7 Å². The second kappa shape index (κ2) is 4.90. The highest BCUT2D eigenvalue weighted by Crippen LogP contribution is 2.23. The van der Waals surface area contributed by atoms with Crippen LogP contribution in [-0.4, -0.2) is 4.92 Å². The Labute approximate surface area is 92.7 Å². The van der Waals surface area contributed by atoms with E-state index in [0.717, 1.165) is 5.56 Å². The Morgan fingerprint density at radius 1 is 1.44 bits per heavy atom. The molecule has 0 bridgehead atoms. The van der Waals surface area contributed by atoms with Gasteiger partial charge in [-0.15, -0.1) is 0 Å². The van der Waals surface area contributed by atoms with Gasteiger partial charge in [-0.1, -0.05) is 6.92 Å². The Balaban J connectivity index is 3.46. The van der Waals surface area contributed by atoms with Crippen LogP contribution in [0.3, 0.4) is 0 Å². The zero-order valence-electron chi connectivity index (χ0n) is 8.73. The number of nitriles is 2. The molecule has 0 fully saturated rings. The summed E-state index contributed by atoms with van der Waals surface area (Å²) in [6.45, 7) is 1.85. The third-order valence-corrected chi connectivity index (χ3v) is 2.28. The Morgan fingerprint density at radius 3 is 2.56 bits per heavy atom. The van der Waals surface area contributed by atoms with Crippen molar-refractivity contribution in [3.63, 3.8) is 0 Å². The molecule has 0 saturated heterocycles. The van der Waals surface area contributed by atoms with E-state index in [2.05, 4.69) is 0 Å². The fraction of sp³-hybridized carbons (Fsp3) is 0.273. The zero-order valence-corrected chi connectivity index (χ0v) is 8.73. The van der Waals surface area contributed by atoms with Crippen molar-refractivity contribution < 1.29 is 4.92 Å². The summed E-state index contributed by atoms with van der Waals surface area (Å²) in [5, 5.41) is 28.2. The minimum atomic E-state index is -0.554. The van der Waals surface area contributed by atoms with E-state index in [1.807, 2.05) is 19.1 Å². The molecule has 0 aliphatic rings. The van der Waals surface area contributed by atoms with Crippen molar-refractivity contribution in [3.05, 3.63) is 38.9 Å². The summed E-state index contributed by atoms with van der Waals surface area (Å²) in [7, 11) is 0. The molecular formula is C11H9N3O2. The molecule has 1 aromatic carbocycles. The van der Waals surface area contributed by atoms with Crippen molar-refractivity contribution in [1.29, 1.82) is 10.5 Å². The number of nitro groups is 1. The van der Waals surface area contributed by atoms with Gasteiger partial charge in [0.25, 0.3) is 5.69 Å². The third kappa shape index (κ3) is 2.15. The molecule has 0 radical (unpaired) electrons. The third-order valence-electron chi connectivity index (χ3n) is 2.28. The van der Waals surface area contributed by atoms with Crippen LogP contribution in [0, 0.1) is 32.8 Å². The van der Waals surface area contributed by atoms with Crippen LogP contribution < -0.4 is 0 Å². The van der Waals surface area contributed by atoms with Crippen molar-refractivity contribution in [2.75, 3.05) is 0 Å². The number of hydrogen-bond donors (Lipinski definition) is 0. The maximum absolute atomic E-state index is 10.6. The average molecular weight is 215 g/mol. The monoisotopic (exact) mass is 215 g/mol. The van der Waals surface area contributed by atoms with Crippen LogP contribution in [0.25, 0.3) is 0 Å². The predicted molar refractivity (Wildman–Crippen MR) is 56.5 cm³/mol. The molecule has 0 aliphatic carbocycles. The smallest absolute Gasteiger partial charge is 0.258 e. The van der Waals surface area contributed by atoms with Crippen LogP contribution in [-0.2, 0) is 12.8 Å². The molecule has 0 unspecified atom stereocenters. The van der Waals surface area contributed by atoms with Gasteiger partial charge in [-0.25, -0.2) is 0 Å². The SMILES string of the molecule is CCc1c(C#N)cc([N+](=O)[O-])cc1CC#N. The number of non-ortho nitro benzene ring substituents is 1. The molecular weight excluding hydrogens is 206 g/mol. The topological polar surface area (TPSA) is 90.7 Å². The van der Waals surface area contributed by atoms with Crippen LogP contribution in [0.15, 0.2) is 12.1 Å². The second-order valence-electron chi connectivity index (χ2n) is 3.19. The van der Waals surface area contributed by atoms with Gasteiger partial charge in [0.15, 0.2) is 0 Å². The van der Waals surface area contributed by atoms with Crippen molar-refractivity contribution in [3.8, 4) is 12.1 Å². The Kier molecular flexibility index (Phi) is 3.58. The summed E-state index contributed by atoms with van der Waals surface area (Å²) in [6.07, 6.45) is 0.664. The van der Waals surface area contributed by atoms with Gasteiger partial charge < -0.3 is 0 Å². The molecule has 0 aliphatic heterocycles. The molecule has 16 heavy (non-hydrogen) atoms. The summed E-state index contributed by atoms with van der Waals surface area (Å²) in [5.41, 5.74) is 1.42.